The van der Waals surface area contributed by atoms with E-state index in [1.165, 1.54) is 18.2 Å². The van der Waals surface area contributed by atoms with Gasteiger partial charge in [0.25, 0.3) is 10.1 Å². The average Bonchev–Trinajstić information content (AvgIpc) is 2.09. The van der Waals surface area contributed by atoms with Crippen molar-refractivity contribution < 1.29 is 12.6 Å². The van der Waals surface area contributed by atoms with Gasteiger partial charge in [-0.05, 0) is 25.1 Å². The second-order valence-corrected chi connectivity index (χ2v) is 4.86. The van der Waals surface area contributed by atoms with Crippen LogP contribution in [0, 0.1) is 0 Å². The van der Waals surface area contributed by atoms with E-state index in [1.54, 1.807) is 6.92 Å². The lowest BCUT2D eigenvalue weighted by Crippen LogP contribution is -2.06. The molecule has 0 unspecified atom stereocenters. The highest BCUT2D eigenvalue weighted by molar-refractivity contribution is 7.86. The summed E-state index contributed by atoms with van der Waals surface area (Å²) in [4.78, 5) is -0.103. The zero-order valence-electron chi connectivity index (χ0n) is 7.33. The molecule has 0 saturated carbocycles. The molecule has 0 spiro atoms. The van der Waals surface area contributed by atoms with E-state index < -0.39 is 10.1 Å². The summed E-state index contributed by atoms with van der Waals surface area (Å²) in [6.45, 7) is 1.64. The Hall–Kier alpha value is -0.290. The third-order valence-electron chi connectivity index (χ3n) is 1.44. The average molecular weight is 255 g/mol. The van der Waals surface area contributed by atoms with Crippen molar-refractivity contribution in [3.63, 3.8) is 0 Å². The molecule has 0 fully saturated rings. The van der Waals surface area contributed by atoms with Crippen LogP contribution < -0.4 is 0 Å². The molecular formula is C8H8Cl2O3S. The van der Waals surface area contributed by atoms with Gasteiger partial charge in [0, 0.05) is 5.02 Å². The van der Waals surface area contributed by atoms with Crippen molar-refractivity contribution in [3.05, 3.63) is 28.2 Å². The topological polar surface area (TPSA) is 43.4 Å². The monoisotopic (exact) mass is 254 g/mol. The minimum absolute atomic E-state index is 0.0607. The molecule has 0 aromatic heterocycles. The number of hydrogen-bond donors (Lipinski definition) is 0. The quantitative estimate of drug-likeness (QED) is 0.780. The lowest BCUT2D eigenvalue weighted by atomic mass is 10.4. The first-order chi connectivity index (χ1) is 6.47. The third-order valence-corrected chi connectivity index (χ3v) is 3.53. The summed E-state index contributed by atoms with van der Waals surface area (Å²) in [6.07, 6.45) is 0. The second-order valence-electron chi connectivity index (χ2n) is 2.44. The van der Waals surface area contributed by atoms with Crippen LogP contribution in [0.4, 0.5) is 0 Å². The number of halogens is 2. The fraction of sp³-hybridized carbons (Fsp3) is 0.250. The van der Waals surface area contributed by atoms with Gasteiger partial charge in [0.15, 0.2) is 0 Å². The van der Waals surface area contributed by atoms with Crippen molar-refractivity contribution in [2.75, 3.05) is 6.61 Å². The number of benzene rings is 1. The van der Waals surface area contributed by atoms with Gasteiger partial charge < -0.3 is 0 Å². The molecule has 6 heteroatoms. The van der Waals surface area contributed by atoms with Crippen molar-refractivity contribution in [1.82, 2.24) is 0 Å². The molecule has 78 valence electrons. The summed E-state index contributed by atoms with van der Waals surface area (Å²) >= 11 is 11.3. The maximum atomic E-state index is 11.4. The van der Waals surface area contributed by atoms with E-state index in [4.69, 9.17) is 23.2 Å². The summed E-state index contributed by atoms with van der Waals surface area (Å²) in [5, 5.41) is 0.399. The summed E-state index contributed by atoms with van der Waals surface area (Å²) in [5.41, 5.74) is 0. The first-order valence-electron chi connectivity index (χ1n) is 3.82. The van der Waals surface area contributed by atoms with E-state index in [2.05, 4.69) is 4.18 Å². The Morgan fingerprint density at radius 3 is 2.57 bits per heavy atom. The van der Waals surface area contributed by atoms with Gasteiger partial charge in [-0.1, -0.05) is 23.2 Å². The zero-order valence-corrected chi connectivity index (χ0v) is 9.66. The van der Waals surface area contributed by atoms with Crippen LogP contribution in [0.1, 0.15) is 6.92 Å². The fourth-order valence-electron chi connectivity index (χ4n) is 0.887. The van der Waals surface area contributed by atoms with E-state index in [-0.39, 0.29) is 16.5 Å². The Kier molecular flexibility index (Phi) is 3.78. The van der Waals surface area contributed by atoms with Crippen LogP contribution in [0.15, 0.2) is 23.1 Å². The van der Waals surface area contributed by atoms with Crippen molar-refractivity contribution in [3.8, 4) is 0 Å². The predicted octanol–water partition coefficient (Wildman–Crippen LogP) is 2.72. The minimum atomic E-state index is -3.78. The molecule has 14 heavy (non-hydrogen) atoms. The van der Waals surface area contributed by atoms with Gasteiger partial charge in [-0.3, -0.25) is 4.18 Å². The molecular weight excluding hydrogens is 247 g/mol. The van der Waals surface area contributed by atoms with E-state index in [0.717, 1.165) is 0 Å². The molecule has 0 amide bonds. The van der Waals surface area contributed by atoms with Crippen LogP contribution in [0.5, 0.6) is 0 Å². The van der Waals surface area contributed by atoms with Crippen LogP contribution in [-0.4, -0.2) is 15.0 Å². The summed E-state index contributed by atoms with van der Waals surface area (Å²) < 4.78 is 27.5. The lowest BCUT2D eigenvalue weighted by Gasteiger charge is -2.05. The van der Waals surface area contributed by atoms with Gasteiger partial charge in [-0.2, -0.15) is 8.42 Å². The van der Waals surface area contributed by atoms with Crippen LogP contribution in [0.25, 0.3) is 0 Å². The van der Waals surface area contributed by atoms with E-state index in [1.807, 2.05) is 0 Å². The Morgan fingerprint density at radius 1 is 1.36 bits per heavy atom. The van der Waals surface area contributed by atoms with Crippen LogP contribution in [0.2, 0.25) is 10.0 Å². The standard InChI is InChI=1S/C8H8Cl2O3S/c1-2-13-14(11,12)8-5-6(9)3-4-7(8)10/h3-5H,2H2,1H3. The first-order valence-corrected chi connectivity index (χ1v) is 5.98. The maximum Gasteiger partial charge on any atom is 0.298 e. The Balaban J connectivity index is 3.25. The second kappa shape index (κ2) is 4.49. The highest BCUT2D eigenvalue weighted by Crippen LogP contribution is 2.26. The summed E-state index contributed by atoms with van der Waals surface area (Å²) in [6, 6.07) is 4.18. The van der Waals surface area contributed by atoms with Gasteiger partial charge in [-0.25, -0.2) is 0 Å². The van der Waals surface area contributed by atoms with Gasteiger partial charge >= 0.3 is 0 Å². The highest BCUT2D eigenvalue weighted by atomic mass is 35.5. The number of rotatable bonds is 3. The van der Waals surface area contributed by atoms with Crippen LogP contribution in [0.3, 0.4) is 0 Å². The third kappa shape index (κ3) is 2.60. The van der Waals surface area contributed by atoms with Gasteiger partial charge in [0.2, 0.25) is 0 Å². The molecule has 0 saturated heterocycles. The Morgan fingerprint density at radius 2 is 2.00 bits per heavy atom. The van der Waals surface area contributed by atoms with Crippen molar-refractivity contribution in [1.29, 1.82) is 0 Å². The largest absolute Gasteiger partial charge is 0.298 e. The molecule has 0 heterocycles. The van der Waals surface area contributed by atoms with Crippen LogP contribution in [-0.2, 0) is 14.3 Å². The minimum Gasteiger partial charge on any atom is -0.267 e. The molecule has 0 atom stereocenters. The predicted molar refractivity (Wildman–Crippen MR) is 55.3 cm³/mol. The molecule has 0 aliphatic carbocycles. The van der Waals surface area contributed by atoms with Crippen molar-refractivity contribution in [2.24, 2.45) is 0 Å². The molecule has 0 bridgehead atoms. The zero-order chi connectivity index (χ0) is 10.8. The molecule has 0 aliphatic heterocycles. The van der Waals surface area contributed by atoms with Gasteiger partial charge in [0.1, 0.15) is 4.90 Å². The molecule has 0 aliphatic rings. The van der Waals surface area contributed by atoms with Gasteiger partial charge in [0.05, 0.1) is 11.6 Å². The first kappa shape index (κ1) is 11.8. The molecule has 1 aromatic carbocycles. The summed E-state index contributed by atoms with van der Waals surface area (Å²) in [7, 11) is -3.78. The van der Waals surface area contributed by atoms with Gasteiger partial charge in [-0.15, -0.1) is 0 Å². The fourth-order valence-corrected chi connectivity index (χ4v) is 2.54. The van der Waals surface area contributed by atoms with Crippen LogP contribution >= 0.6 is 23.2 Å². The molecule has 3 nitrogen and oxygen atoms in total. The summed E-state index contributed by atoms with van der Waals surface area (Å²) in [5.74, 6) is 0. The molecule has 0 N–H and O–H groups in total. The maximum absolute atomic E-state index is 11.4. The van der Waals surface area contributed by atoms with E-state index in [9.17, 15) is 8.42 Å². The van der Waals surface area contributed by atoms with Crippen molar-refractivity contribution >= 4 is 33.3 Å². The Labute approximate surface area is 92.7 Å². The van der Waals surface area contributed by atoms with E-state index in [0.29, 0.717) is 5.02 Å². The normalized spacial score (nSPS) is 11.6. The smallest absolute Gasteiger partial charge is 0.267 e. The molecule has 1 aromatic rings. The molecule has 1 rings (SSSR count). The highest BCUT2D eigenvalue weighted by Gasteiger charge is 2.18. The molecule has 0 radical (unpaired) electrons. The van der Waals surface area contributed by atoms with E-state index >= 15 is 0 Å². The SMILES string of the molecule is CCOS(=O)(=O)c1cc(Cl)ccc1Cl. The number of hydrogen-bond acceptors (Lipinski definition) is 3. The van der Waals surface area contributed by atoms with Crippen molar-refractivity contribution in [2.45, 2.75) is 11.8 Å². The Bertz CT molecular complexity index is 428. The lowest BCUT2D eigenvalue weighted by molar-refractivity contribution is 0.338.